The summed E-state index contributed by atoms with van der Waals surface area (Å²) in [4.78, 5) is 0. The largest absolute Gasteiger partial charge is 0.494 e. The van der Waals surface area contributed by atoms with Gasteiger partial charge in [-0.25, -0.2) is 0 Å². The zero-order chi connectivity index (χ0) is 18.2. The smallest absolute Gasteiger partial charge is 0.203 e. The van der Waals surface area contributed by atoms with Crippen LogP contribution in [0.4, 0.5) is 0 Å². The molecule has 1 N–H and O–H groups in total. The highest BCUT2D eigenvalue weighted by Crippen LogP contribution is 2.39. The molecule has 0 heterocycles. The monoisotopic (exact) mass is 345 g/mol. The molecule has 0 aliphatic rings. The number of methoxy groups -OCH3 is 3. The van der Waals surface area contributed by atoms with Crippen molar-refractivity contribution >= 4 is 0 Å². The van der Waals surface area contributed by atoms with Gasteiger partial charge in [-0.15, -0.1) is 0 Å². The molecule has 0 aliphatic heterocycles. The van der Waals surface area contributed by atoms with E-state index in [1.807, 2.05) is 31.2 Å². The number of rotatable bonds is 9. The first-order chi connectivity index (χ1) is 12.1. The van der Waals surface area contributed by atoms with E-state index in [1.165, 1.54) is 5.56 Å². The minimum Gasteiger partial charge on any atom is -0.494 e. The van der Waals surface area contributed by atoms with E-state index >= 15 is 0 Å². The van der Waals surface area contributed by atoms with Gasteiger partial charge < -0.3 is 24.3 Å². The summed E-state index contributed by atoms with van der Waals surface area (Å²) in [6.45, 7) is 5.43. The first kappa shape index (κ1) is 18.9. The van der Waals surface area contributed by atoms with Gasteiger partial charge in [-0.2, -0.15) is 0 Å². The van der Waals surface area contributed by atoms with Crippen LogP contribution in [0.5, 0.6) is 23.0 Å². The van der Waals surface area contributed by atoms with Gasteiger partial charge in [-0.3, -0.25) is 0 Å². The second-order valence-electron chi connectivity index (χ2n) is 5.60. The van der Waals surface area contributed by atoms with Crippen LogP contribution in [0.15, 0.2) is 36.4 Å². The van der Waals surface area contributed by atoms with Gasteiger partial charge in [0, 0.05) is 18.2 Å². The highest BCUT2D eigenvalue weighted by molar-refractivity contribution is 5.55. The third-order valence-electron chi connectivity index (χ3n) is 4.08. The van der Waals surface area contributed by atoms with E-state index in [1.54, 1.807) is 21.3 Å². The van der Waals surface area contributed by atoms with Gasteiger partial charge in [0.1, 0.15) is 5.75 Å². The van der Waals surface area contributed by atoms with Gasteiger partial charge in [0.05, 0.1) is 27.9 Å². The fourth-order valence-electron chi connectivity index (χ4n) is 2.70. The highest BCUT2D eigenvalue weighted by atomic mass is 16.5. The Morgan fingerprint density at radius 2 is 1.56 bits per heavy atom. The SMILES string of the molecule is CCOc1ccc(C(C)NCc2ccc(OC)c(OC)c2OC)cc1. The Hall–Kier alpha value is -2.40. The zero-order valence-corrected chi connectivity index (χ0v) is 15.6. The van der Waals surface area contributed by atoms with Crippen LogP contribution in [0.1, 0.15) is 31.0 Å². The van der Waals surface area contributed by atoms with Crippen molar-refractivity contribution in [2.45, 2.75) is 26.4 Å². The molecule has 2 rings (SSSR count). The van der Waals surface area contributed by atoms with Gasteiger partial charge in [-0.05, 0) is 37.6 Å². The summed E-state index contributed by atoms with van der Waals surface area (Å²) in [5.74, 6) is 2.84. The molecule has 0 amide bonds. The van der Waals surface area contributed by atoms with Crippen molar-refractivity contribution < 1.29 is 18.9 Å². The van der Waals surface area contributed by atoms with E-state index in [4.69, 9.17) is 18.9 Å². The van der Waals surface area contributed by atoms with Gasteiger partial charge in [0.2, 0.25) is 5.75 Å². The minimum atomic E-state index is 0.188. The zero-order valence-electron chi connectivity index (χ0n) is 15.6. The van der Waals surface area contributed by atoms with Gasteiger partial charge in [0.15, 0.2) is 11.5 Å². The van der Waals surface area contributed by atoms with Crippen LogP contribution in [0.2, 0.25) is 0 Å². The summed E-state index contributed by atoms with van der Waals surface area (Å²) in [6, 6.07) is 12.2. The van der Waals surface area contributed by atoms with Crippen LogP contribution in [-0.4, -0.2) is 27.9 Å². The van der Waals surface area contributed by atoms with Crippen LogP contribution in [0, 0.1) is 0 Å². The molecule has 1 atom stereocenters. The van der Waals surface area contributed by atoms with E-state index in [-0.39, 0.29) is 6.04 Å². The van der Waals surface area contributed by atoms with Crippen LogP contribution in [0.25, 0.3) is 0 Å². The first-order valence-electron chi connectivity index (χ1n) is 8.38. The number of hydrogen-bond acceptors (Lipinski definition) is 5. The molecule has 25 heavy (non-hydrogen) atoms. The molecule has 0 spiro atoms. The molecule has 136 valence electrons. The van der Waals surface area contributed by atoms with Crippen molar-refractivity contribution in [1.82, 2.24) is 5.32 Å². The summed E-state index contributed by atoms with van der Waals surface area (Å²) in [5.41, 5.74) is 2.21. The molecule has 0 saturated heterocycles. The van der Waals surface area contributed by atoms with Crippen LogP contribution >= 0.6 is 0 Å². The van der Waals surface area contributed by atoms with Crippen molar-refractivity contribution in [3.05, 3.63) is 47.5 Å². The average molecular weight is 345 g/mol. The van der Waals surface area contributed by atoms with Crippen molar-refractivity contribution in [3.8, 4) is 23.0 Å². The summed E-state index contributed by atoms with van der Waals surface area (Å²) in [5, 5.41) is 3.51. The number of hydrogen-bond donors (Lipinski definition) is 1. The normalized spacial score (nSPS) is 11.7. The molecule has 0 aromatic heterocycles. The quantitative estimate of drug-likeness (QED) is 0.745. The van der Waals surface area contributed by atoms with Crippen molar-refractivity contribution in [2.24, 2.45) is 0 Å². The molecule has 0 fully saturated rings. The molecule has 1 unspecified atom stereocenters. The standard InChI is InChI=1S/C20H27NO4/c1-6-25-17-10-7-15(8-11-17)14(2)21-13-16-9-12-18(22-3)20(24-5)19(16)23-4/h7-12,14,21H,6,13H2,1-5H3. The van der Waals surface area contributed by atoms with Crippen LogP contribution in [-0.2, 0) is 6.54 Å². The minimum absolute atomic E-state index is 0.188. The summed E-state index contributed by atoms with van der Waals surface area (Å²) < 4.78 is 21.8. The second kappa shape index (κ2) is 9.18. The summed E-state index contributed by atoms with van der Waals surface area (Å²) in [6.07, 6.45) is 0. The fraction of sp³-hybridized carbons (Fsp3) is 0.400. The maximum atomic E-state index is 5.53. The molecular formula is C20H27NO4. The lowest BCUT2D eigenvalue weighted by atomic mass is 10.1. The third kappa shape index (κ3) is 4.57. The lowest BCUT2D eigenvalue weighted by Crippen LogP contribution is -2.18. The molecule has 5 nitrogen and oxygen atoms in total. The van der Waals surface area contributed by atoms with Crippen LogP contribution < -0.4 is 24.3 Å². The lowest BCUT2D eigenvalue weighted by molar-refractivity contribution is 0.321. The molecule has 0 radical (unpaired) electrons. The Bertz CT molecular complexity index is 670. The van der Waals surface area contributed by atoms with Gasteiger partial charge in [0.25, 0.3) is 0 Å². The third-order valence-corrected chi connectivity index (χ3v) is 4.08. The summed E-state index contributed by atoms with van der Waals surface area (Å²) in [7, 11) is 4.86. The Labute approximate surface area is 149 Å². The lowest BCUT2D eigenvalue weighted by Gasteiger charge is -2.19. The van der Waals surface area contributed by atoms with Crippen molar-refractivity contribution in [3.63, 3.8) is 0 Å². The molecule has 5 heteroatoms. The molecular weight excluding hydrogens is 318 g/mol. The van der Waals surface area contributed by atoms with E-state index < -0.39 is 0 Å². The Morgan fingerprint density at radius 1 is 0.880 bits per heavy atom. The second-order valence-corrected chi connectivity index (χ2v) is 5.60. The predicted octanol–water partition coefficient (Wildman–Crippen LogP) is 3.96. The Balaban J connectivity index is 2.09. The molecule has 0 bridgehead atoms. The molecule has 2 aromatic carbocycles. The average Bonchev–Trinajstić information content (AvgIpc) is 2.65. The van der Waals surface area contributed by atoms with Gasteiger partial charge in [-0.1, -0.05) is 18.2 Å². The fourth-order valence-corrected chi connectivity index (χ4v) is 2.70. The highest BCUT2D eigenvalue weighted by Gasteiger charge is 2.16. The maximum Gasteiger partial charge on any atom is 0.203 e. The first-order valence-corrected chi connectivity index (χ1v) is 8.38. The van der Waals surface area contributed by atoms with Crippen molar-refractivity contribution in [2.75, 3.05) is 27.9 Å². The predicted molar refractivity (Wildman–Crippen MR) is 99.0 cm³/mol. The Kier molecular flexibility index (Phi) is 6.95. The van der Waals surface area contributed by atoms with E-state index in [0.717, 1.165) is 11.3 Å². The maximum absolute atomic E-state index is 5.53. The number of benzene rings is 2. The molecule has 2 aromatic rings. The molecule has 0 saturated carbocycles. The van der Waals surface area contributed by atoms with Crippen LogP contribution in [0.3, 0.4) is 0 Å². The topological polar surface area (TPSA) is 49.0 Å². The number of ether oxygens (including phenoxy) is 4. The van der Waals surface area contributed by atoms with Crippen molar-refractivity contribution in [1.29, 1.82) is 0 Å². The van der Waals surface area contributed by atoms with E-state index in [0.29, 0.717) is 30.4 Å². The van der Waals surface area contributed by atoms with E-state index in [9.17, 15) is 0 Å². The van der Waals surface area contributed by atoms with Gasteiger partial charge >= 0.3 is 0 Å². The summed E-state index contributed by atoms with van der Waals surface area (Å²) >= 11 is 0. The number of nitrogens with one attached hydrogen (secondary N) is 1. The Morgan fingerprint density at radius 3 is 2.12 bits per heavy atom. The molecule has 0 aliphatic carbocycles. The van der Waals surface area contributed by atoms with E-state index in [2.05, 4.69) is 24.4 Å².